The first-order chi connectivity index (χ1) is 9.44. The zero-order valence-electron chi connectivity index (χ0n) is 13.2. The number of para-hydroxylation sites is 1. The van der Waals surface area contributed by atoms with Gasteiger partial charge in [-0.1, -0.05) is 32.0 Å². The number of nitrogens with zero attached hydrogens (tertiary/aromatic N) is 1. The number of hydrogen-bond donors (Lipinski definition) is 1. The lowest BCUT2D eigenvalue weighted by Gasteiger charge is -2.42. The highest BCUT2D eigenvalue weighted by Crippen LogP contribution is 2.37. The average Bonchev–Trinajstić information content (AvgIpc) is 2.41. The molecule has 112 valence electrons. The monoisotopic (exact) mass is 276 g/mol. The van der Waals surface area contributed by atoms with E-state index in [1.165, 1.54) is 18.4 Å². The third-order valence-electron chi connectivity index (χ3n) is 4.50. The Labute approximate surface area is 123 Å². The van der Waals surface area contributed by atoms with E-state index in [0.717, 1.165) is 18.8 Å². The Morgan fingerprint density at radius 2 is 1.80 bits per heavy atom. The molecule has 0 spiro atoms. The normalized spacial score (nSPS) is 22.2. The fraction of sp³-hybridized carbons (Fsp3) is 0.647. The predicted octanol–water partition coefficient (Wildman–Crippen LogP) is 3.21. The molecule has 2 unspecified atom stereocenters. The third-order valence-corrected chi connectivity index (χ3v) is 4.50. The molecule has 2 N–H and O–H groups in total. The van der Waals surface area contributed by atoms with E-state index >= 15 is 0 Å². The second-order valence-electron chi connectivity index (χ2n) is 6.75. The Bertz CT molecular complexity index is 432. The SMILES string of the molecule is COc1ccccc1C(C(C)N)N1CCC(C)(C)CC1. The lowest BCUT2D eigenvalue weighted by molar-refractivity contribution is 0.0830. The van der Waals surface area contributed by atoms with Crippen LogP contribution in [-0.4, -0.2) is 31.1 Å². The summed E-state index contributed by atoms with van der Waals surface area (Å²) in [5.41, 5.74) is 7.96. The van der Waals surface area contributed by atoms with Crippen molar-refractivity contribution in [2.45, 2.75) is 45.7 Å². The van der Waals surface area contributed by atoms with Crippen LogP contribution in [0.25, 0.3) is 0 Å². The summed E-state index contributed by atoms with van der Waals surface area (Å²) < 4.78 is 5.53. The van der Waals surface area contributed by atoms with E-state index in [-0.39, 0.29) is 12.1 Å². The topological polar surface area (TPSA) is 38.5 Å². The van der Waals surface area contributed by atoms with E-state index in [4.69, 9.17) is 10.5 Å². The van der Waals surface area contributed by atoms with Gasteiger partial charge >= 0.3 is 0 Å². The molecule has 0 radical (unpaired) electrons. The van der Waals surface area contributed by atoms with E-state index in [0.29, 0.717) is 5.41 Å². The number of piperidine rings is 1. The number of rotatable bonds is 4. The second-order valence-corrected chi connectivity index (χ2v) is 6.75. The molecule has 1 aromatic rings. The molecule has 1 saturated heterocycles. The standard InChI is InChI=1S/C17H28N2O/c1-13(18)16(14-7-5-6-8-15(14)20-4)19-11-9-17(2,3)10-12-19/h5-8,13,16H,9-12,18H2,1-4H3. The third kappa shape index (κ3) is 3.33. The average molecular weight is 276 g/mol. The molecule has 0 aliphatic carbocycles. The molecule has 1 heterocycles. The summed E-state index contributed by atoms with van der Waals surface area (Å²) in [7, 11) is 1.73. The first kappa shape index (κ1) is 15.3. The quantitative estimate of drug-likeness (QED) is 0.917. The number of likely N-dealkylation sites (tertiary alicyclic amines) is 1. The fourth-order valence-corrected chi connectivity index (χ4v) is 3.13. The first-order valence-corrected chi connectivity index (χ1v) is 7.57. The Morgan fingerprint density at radius 3 is 2.35 bits per heavy atom. The van der Waals surface area contributed by atoms with E-state index in [2.05, 4.69) is 37.8 Å². The number of methoxy groups -OCH3 is 1. The minimum Gasteiger partial charge on any atom is -0.496 e. The van der Waals surface area contributed by atoms with Gasteiger partial charge in [-0.3, -0.25) is 4.90 Å². The smallest absolute Gasteiger partial charge is 0.123 e. The molecule has 2 atom stereocenters. The Kier molecular flexibility index (Phi) is 4.71. The van der Waals surface area contributed by atoms with Crippen molar-refractivity contribution < 1.29 is 4.74 Å². The minimum absolute atomic E-state index is 0.0903. The summed E-state index contributed by atoms with van der Waals surface area (Å²) in [4.78, 5) is 2.52. The maximum atomic E-state index is 6.29. The molecule has 1 fully saturated rings. The molecule has 1 aromatic carbocycles. The van der Waals surface area contributed by atoms with Crippen molar-refractivity contribution in [3.05, 3.63) is 29.8 Å². The molecule has 0 bridgehead atoms. The molecule has 2 rings (SSSR count). The van der Waals surface area contributed by atoms with Gasteiger partial charge in [-0.05, 0) is 44.3 Å². The van der Waals surface area contributed by atoms with Crippen molar-refractivity contribution in [1.29, 1.82) is 0 Å². The molecule has 0 amide bonds. The van der Waals surface area contributed by atoms with Crippen LogP contribution in [0.4, 0.5) is 0 Å². The number of benzene rings is 1. The maximum absolute atomic E-state index is 6.29. The Balaban J connectivity index is 2.24. The van der Waals surface area contributed by atoms with Crippen LogP contribution < -0.4 is 10.5 Å². The van der Waals surface area contributed by atoms with Crippen molar-refractivity contribution >= 4 is 0 Å². The van der Waals surface area contributed by atoms with Crippen LogP contribution in [0.1, 0.15) is 45.2 Å². The number of nitrogens with two attached hydrogens (primary N) is 1. The van der Waals surface area contributed by atoms with Gasteiger partial charge < -0.3 is 10.5 Å². The van der Waals surface area contributed by atoms with Crippen LogP contribution in [0.2, 0.25) is 0 Å². The van der Waals surface area contributed by atoms with Crippen molar-refractivity contribution in [2.75, 3.05) is 20.2 Å². The molecular formula is C17H28N2O. The molecule has 1 aliphatic rings. The summed E-state index contributed by atoms with van der Waals surface area (Å²) >= 11 is 0. The zero-order chi connectivity index (χ0) is 14.8. The van der Waals surface area contributed by atoms with Gasteiger partial charge in [0.05, 0.1) is 13.2 Å². The van der Waals surface area contributed by atoms with E-state index in [1.54, 1.807) is 7.11 Å². The van der Waals surface area contributed by atoms with Crippen molar-refractivity contribution in [3.8, 4) is 5.75 Å². The molecule has 0 aromatic heterocycles. The molecule has 20 heavy (non-hydrogen) atoms. The molecule has 3 heteroatoms. The summed E-state index contributed by atoms with van der Waals surface area (Å²) in [6, 6.07) is 8.58. The van der Waals surface area contributed by atoms with Crippen molar-refractivity contribution in [1.82, 2.24) is 4.90 Å². The maximum Gasteiger partial charge on any atom is 0.123 e. The van der Waals surface area contributed by atoms with Crippen LogP contribution in [0.5, 0.6) is 5.75 Å². The van der Waals surface area contributed by atoms with Crippen LogP contribution in [0, 0.1) is 5.41 Å². The van der Waals surface area contributed by atoms with Crippen LogP contribution in [0.3, 0.4) is 0 Å². The highest BCUT2D eigenvalue weighted by Gasteiger charge is 2.32. The largest absolute Gasteiger partial charge is 0.496 e. The molecule has 0 saturated carbocycles. The lowest BCUT2D eigenvalue weighted by atomic mass is 9.81. The number of hydrogen-bond acceptors (Lipinski definition) is 3. The Morgan fingerprint density at radius 1 is 1.20 bits per heavy atom. The fourth-order valence-electron chi connectivity index (χ4n) is 3.13. The van der Waals surface area contributed by atoms with Gasteiger partial charge in [0, 0.05) is 11.6 Å². The van der Waals surface area contributed by atoms with Gasteiger partial charge in [0.2, 0.25) is 0 Å². The minimum atomic E-state index is 0.0903. The van der Waals surface area contributed by atoms with Crippen molar-refractivity contribution in [2.24, 2.45) is 11.1 Å². The number of ether oxygens (including phenoxy) is 1. The molecule has 3 nitrogen and oxygen atoms in total. The summed E-state index contributed by atoms with van der Waals surface area (Å²) in [6.45, 7) is 9.02. The first-order valence-electron chi connectivity index (χ1n) is 7.57. The van der Waals surface area contributed by atoms with Crippen LogP contribution >= 0.6 is 0 Å². The summed E-state index contributed by atoms with van der Waals surface area (Å²) in [5.74, 6) is 0.944. The lowest BCUT2D eigenvalue weighted by Crippen LogP contribution is -2.45. The van der Waals surface area contributed by atoms with Crippen LogP contribution in [0.15, 0.2) is 24.3 Å². The zero-order valence-corrected chi connectivity index (χ0v) is 13.2. The van der Waals surface area contributed by atoms with Gasteiger partial charge in [0.15, 0.2) is 0 Å². The van der Waals surface area contributed by atoms with Crippen LogP contribution in [-0.2, 0) is 0 Å². The van der Waals surface area contributed by atoms with Crippen molar-refractivity contribution in [3.63, 3.8) is 0 Å². The van der Waals surface area contributed by atoms with Gasteiger partial charge in [0.1, 0.15) is 5.75 Å². The highest BCUT2D eigenvalue weighted by molar-refractivity contribution is 5.36. The van der Waals surface area contributed by atoms with Gasteiger partial charge in [-0.25, -0.2) is 0 Å². The van der Waals surface area contributed by atoms with Gasteiger partial charge in [0.25, 0.3) is 0 Å². The predicted molar refractivity (Wildman–Crippen MR) is 84.0 cm³/mol. The molecular weight excluding hydrogens is 248 g/mol. The highest BCUT2D eigenvalue weighted by atomic mass is 16.5. The van der Waals surface area contributed by atoms with E-state index in [9.17, 15) is 0 Å². The summed E-state index contributed by atoms with van der Waals surface area (Å²) in [6.07, 6.45) is 2.46. The van der Waals surface area contributed by atoms with E-state index < -0.39 is 0 Å². The second kappa shape index (κ2) is 6.15. The Hall–Kier alpha value is -1.06. The van der Waals surface area contributed by atoms with Gasteiger partial charge in [-0.2, -0.15) is 0 Å². The van der Waals surface area contributed by atoms with Gasteiger partial charge in [-0.15, -0.1) is 0 Å². The summed E-state index contributed by atoms with van der Waals surface area (Å²) in [5, 5.41) is 0. The van der Waals surface area contributed by atoms with E-state index in [1.807, 2.05) is 12.1 Å². The molecule has 1 aliphatic heterocycles.